The van der Waals surface area contributed by atoms with Crippen molar-refractivity contribution in [3.05, 3.63) is 0 Å². The Labute approximate surface area is 78.2 Å². The van der Waals surface area contributed by atoms with Gasteiger partial charge in [0, 0.05) is 6.54 Å². The molecule has 1 heterocycles. The van der Waals surface area contributed by atoms with Crippen LogP contribution in [0.1, 0.15) is 27.2 Å². The standard InChI is InChI=1S/C8H17N3O2/c1-8(2,3)13-7(12)10-11-5-4-6(11)9/h6H,4-5,9H2,1-3H3,(H,10,12). The first-order chi connectivity index (χ1) is 5.88. The molecule has 1 aliphatic heterocycles. The van der Waals surface area contributed by atoms with Gasteiger partial charge in [-0.05, 0) is 27.2 Å². The van der Waals surface area contributed by atoms with E-state index in [1.165, 1.54) is 0 Å². The van der Waals surface area contributed by atoms with Crippen LogP contribution in [0, 0.1) is 0 Å². The molecule has 1 fully saturated rings. The van der Waals surface area contributed by atoms with Gasteiger partial charge in [0.05, 0.1) is 6.17 Å². The van der Waals surface area contributed by atoms with E-state index in [1.807, 2.05) is 20.8 Å². The van der Waals surface area contributed by atoms with Crippen molar-refractivity contribution in [1.29, 1.82) is 0 Å². The normalized spacial score (nSPS) is 23.5. The molecule has 5 heteroatoms. The number of carbonyl (C=O) groups excluding carboxylic acids is 1. The maximum absolute atomic E-state index is 11.2. The number of rotatable bonds is 1. The third-order valence-electron chi connectivity index (χ3n) is 1.70. The molecule has 1 atom stereocenters. The van der Waals surface area contributed by atoms with Gasteiger partial charge in [0.25, 0.3) is 0 Å². The minimum absolute atomic E-state index is 0.0625. The van der Waals surface area contributed by atoms with E-state index >= 15 is 0 Å². The van der Waals surface area contributed by atoms with Crippen LogP contribution in [0.25, 0.3) is 0 Å². The summed E-state index contributed by atoms with van der Waals surface area (Å²) in [7, 11) is 0. The third-order valence-corrected chi connectivity index (χ3v) is 1.70. The number of nitrogens with zero attached hydrogens (tertiary/aromatic N) is 1. The molecule has 0 saturated carbocycles. The molecule has 5 nitrogen and oxygen atoms in total. The van der Waals surface area contributed by atoms with Gasteiger partial charge in [0.2, 0.25) is 0 Å². The number of ether oxygens (including phenoxy) is 1. The summed E-state index contributed by atoms with van der Waals surface area (Å²) in [6, 6.07) is 0. The summed E-state index contributed by atoms with van der Waals surface area (Å²) in [6.45, 7) is 6.26. The van der Waals surface area contributed by atoms with Crippen molar-refractivity contribution in [1.82, 2.24) is 10.4 Å². The zero-order chi connectivity index (χ0) is 10.1. The van der Waals surface area contributed by atoms with Gasteiger partial charge in [0.1, 0.15) is 5.60 Å². The molecule has 0 aromatic heterocycles. The van der Waals surface area contributed by atoms with Crippen molar-refractivity contribution < 1.29 is 9.53 Å². The summed E-state index contributed by atoms with van der Waals surface area (Å²) in [5.41, 5.74) is 7.70. The molecule has 1 saturated heterocycles. The first-order valence-electron chi connectivity index (χ1n) is 4.40. The predicted octanol–water partition coefficient (Wildman–Crippen LogP) is 0.417. The Morgan fingerprint density at radius 3 is 2.54 bits per heavy atom. The fraction of sp³-hybridized carbons (Fsp3) is 0.875. The van der Waals surface area contributed by atoms with E-state index in [9.17, 15) is 4.79 Å². The highest BCUT2D eigenvalue weighted by Gasteiger charge is 2.27. The minimum Gasteiger partial charge on any atom is -0.443 e. The lowest BCUT2D eigenvalue weighted by Crippen LogP contribution is -2.61. The molecule has 1 rings (SSSR count). The SMILES string of the molecule is CC(C)(C)OC(=O)NN1CCC1N. The van der Waals surface area contributed by atoms with Gasteiger partial charge in [-0.3, -0.25) is 5.43 Å². The van der Waals surface area contributed by atoms with Crippen LogP contribution in [-0.2, 0) is 4.74 Å². The van der Waals surface area contributed by atoms with Gasteiger partial charge in [-0.1, -0.05) is 0 Å². The largest absolute Gasteiger partial charge is 0.443 e. The predicted molar refractivity (Wildman–Crippen MR) is 48.7 cm³/mol. The number of carbonyl (C=O) groups is 1. The number of hydrazine groups is 1. The van der Waals surface area contributed by atoms with Crippen molar-refractivity contribution in [3.8, 4) is 0 Å². The zero-order valence-corrected chi connectivity index (χ0v) is 8.33. The van der Waals surface area contributed by atoms with E-state index in [4.69, 9.17) is 10.5 Å². The van der Waals surface area contributed by atoms with Crippen molar-refractivity contribution in [2.24, 2.45) is 5.73 Å². The van der Waals surface area contributed by atoms with Gasteiger partial charge < -0.3 is 10.5 Å². The van der Waals surface area contributed by atoms with Crippen LogP contribution in [0.5, 0.6) is 0 Å². The second kappa shape index (κ2) is 3.51. The summed E-state index contributed by atoms with van der Waals surface area (Å²) in [6.07, 6.45) is 0.408. The number of hydrogen-bond acceptors (Lipinski definition) is 4. The summed E-state index contributed by atoms with van der Waals surface area (Å²) in [5, 5.41) is 1.66. The van der Waals surface area contributed by atoms with Crippen molar-refractivity contribution in [2.75, 3.05) is 6.54 Å². The highest BCUT2D eigenvalue weighted by atomic mass is 16.6. The van der Waals surface area contributed by atoms with Gasteiger partial charge in [-0.2, -0.15) is 0 Å². The van der Waals surface area contributed by atoms with Crippen LogP contribution in [0.4, 0.5) is 4.79 Å². The van der Waals surface area contributed by atoms with E-state index in [1.54, 1.807) is 5.01 Å². The first kappa shape index (κ1) is 10.3. The number of nitrogens with two attached hydrogens (primary N) is 1. The summed E-state index contributed by atoms with van der Waals surface area (Å²) in [5.74, 6) is 0. The lowest BCUT2D eigenvalue weighted by atomic mass is 10.2. The molecule has 0 aromatic rings. The second-order valence-corrected chi connectivity index (χ2v) is 4.16. The minimum atomic E-state index is -0.459. The van der Waals surface area contributed by atoms with Gasteiger partial charge in [0.15, 0.2) is 0 Å². The average Bonchev–Trinajstić information content (AvgIpc) is 1.94. The van der Waals surface area contributed by atoms with Crippen LogP contribution in [0.15, 0.2) is 0 Å². The Kier molecular flexibility index (Phi) is 2.77. The average molecular weight is 187 g/mol. The molecule has 0 radical (unpaired) electrons. The van der Waals surface area contributed by atoms with Crippen molar-refractivity contribution in [2.45, 2.75) is 39.0 Å². The number of hydrogen-bond donors (Lipinski definition) is 2. The molecule has 1 amide bonds. The van der Waals surface area contributed by atoms with Gasteiger partial charge in [-0.25, -0.2) is 9.80 Å². The maximum atomic E-state index is 11.2. The van der Waals surface area contributed by atoms with Crippen molar-refractivity contribution in [3.63, 3.8) is 0 Å². The second-order valence-electron chi connectivity index (χ2n) is 4.16. The molecule has 13 heavy (non-hydrogen) atoms. The van der Waals surface area contributed by atoms with Crippen LogP contribution in [0.3, 0.4) is 0 Å². The molecule has 76 valence electrons. The lowest BCUT2D eigenvalue weighted by Gasteiger charge is -2.37. The lowest BCUT2D eigenvalue weighted by molar-refractivity contribution is -0.00236. The topological polar surface area (TPSA) is 67.6 Å². The fourth-order valence-corrected chi connectivity index (χ4v) is 0.964. The Morgan fingerprint density at radius 2 is 2.23 bits per heavy atom. The molecular formula is C8H17N3O2. The molecule has 0 spiro atoms. The monoisotopic (exact) mass is 187 g/mol. The van der Waals surface area contributed by atoms with Crippen LogP contribution in [0.2, 0.25) is 0 Å². The fourth-order valence-electron chi connectivity index (χ4n) is 0.964. The van der Waals surface area contributed by atoms with E-state index in [-0.39, 0.29) is 6.17 Å². The molecular weight excluding hydrogens is 170 g/mol. The molecule has 1 unspecified atom stereocenters. The number of amides is 1. The Balaban J connectivity index is 2.25. The zero-order valence-electron chi connectivity index (χ0n) is 8.33. The molecule has 0 aliphatic carbocycles. The molecule has 0 aromatic carbocycles. The Morgan fingerprint density at radius 1 is 1.62 bits per heavy atom. The summed E-state index contributed by atoms with van der Waals surface area (Å²) < 4.78 is 5.05. The Hall–Kier alpha value is -0.810. The first-order valence-corrected chi connectivity index (χ1v) is 4.40. The third kappa shape index (κ3) is 3.20. The molecule has 1 aliphatic rings. The van der Waals surface area contributed by atoms with E-state index in [2.05, 4.69) is 5.43 Å². The van der Waals surface area contributed by atoms with Crippen LogP contribution in [-0.4, -0.2) is 29.4 Å². The summed E-state index contributed by atoms with van der Waals surface area (Å²) in [4.78, 5) is 11.2. The van der Waals surface area contributed by atoms with Crippen LogP contribution >= 0.6 is 0 Å². The maximum Gasteiger partial charge on any atom is 0.422 e. The van der Waals surface area contributed by atoms with Crippen molar-refractivity contribution >= 4 is 6.09 Å². The molecule has 3 N–H and O–H groups in total. The van der Waals surface area contributed by atoms with E-state index < -0.39 is 11.7 Å². The van der Waals surface area contributed by atoms with Gasteiger partial charge in [-0.15, -0.1) is 0 Å². The molecule has 0 bridgehead atoms. The van der Waals surface area contributed by atoms with E-state index in [0.717, 1.165) is 13.0 Å². The number of nitrogens with one attached hydrogen (secondary N) is 1. The quantitative estimate of drug-likeness (QED) is 0.624. The highest BCUT2D eigenvalue weighted by Crippen LogP contribution is 2.10. The smallest absolute Gasteiger partial charge is 0.422 e. The van der Waals surface area contributed by atoms with Crippen LogP contribution < -0.4 is 11.2 Å². The summed E-state index contributed by atoms with van der Waals surface area (Å²) >= 11 is 0. The van der Waals surface area contributed by atoms with E-state index in [0.29, 0.717) is 0 Å². The Bertz CT molecular complexity index is 200. The highest BCUT2D eigenvalue weighted by molar-refractivity contribution is 5.67. The van der Waals surface area contributed by atoms with Gasteiger partial charge >= 0.3 is 6.09 Å².